The maximum Gasteiger partial charge on any atom is 0.303 e. The highest BCUT2D eigenvalue weighted by molar-refractivity contribution is 5.67. The van der Waals surface area contributed by atoms with Crippen molar-refractivity contribution in [1.29, 1.82) is 0 Å². The van der Waals surface area contributed by atoms with E-state index in [0.29, 0.717) is 0 Å². The van der Waals surface area contributed by atoms with Gasteiger partial charge in [0.25, 0.3) is 0 Å². The molecular formula is C16H20O2. The van der Waals surface area contributed by atoms with E-state index in [2.05, 4.69) is 32.1 Å². The Bertz CT molecular complexity index is 472. The first-order valence-electron chi connectivity index (χ1n) is 6.43. The minimum absolute atomic E-state index is 0.122. The smallest absolute Gasteiger partial charge is 0.303 e. The third-order valence-electron chi connectivity index (χ3n) is 3.42. The maximum atomic E-state index is 11.2. The fourth-order valence-corrected chi connectivity index (χ4v) is 2.34. The molecular weight excluding hydrogens is 224 g/mol. The highest BCUT2D eigenvalue weighted by atomic mass is 16.5. The molecule has 18 heavy (non-hydrogen) atoms. The van der Waals surface area contributed by atoms with Crippen molar-refractivity contribution in [3.63, 3.8) is 0 Å². The van der Waals surface area contributed by atoms with Crippen LogP contribution in [-0.2, 0) is 9.53 Å². The number of carbonyl (C=O) groups excluding carboxylic acids is 1. The molecule has 2 heteroatoms. The summed E-state index contributed by atoms with van der Waals surface area (Å²) in [6.07, 6.45) is 6.15. The van der Waals surface area contributed by atoms with Gasteiger partial charge in [-0.05, 0) is 29.4 Å². The summed E-state index contributed by atoms with van der Waals surface area (Å²) in [5.74, 6) is -0.211. The van der Waals surface area contributed by atoms with Crippen molar-refractivity contribution in [2.24, 2.45) is 5.41 Å². The van der Waals surface area contributed by atoms with Crippen LogP contribution in [0.1, 0.15) is 50.8 Å². The molecule has 96 valence electrons. The zero-order chi connectivity index (χ0) is 13.2. The molecule has 1 aromatic rings. The molecule has 0 radical (unpaired) electrons. The summed E-state index contributed by atoms with van der Waals surface area (Å²) in [4.78, 5) is 11.2. The van der Waals surface area contributed by atoms with Gasteiger partial charge in [-0.1, -0.05) is 50.3 Å². The van der Waals surface area contributed by atoms with Crippen molar-refractivity contribution in [3.05, 3.63) is 41.5 Å². The van der Waals surface area contributed by atoms with E-state index < -0.39 is 0 Å². The van der Waals surface area contributed by atoms with E-state index in [1.807, 2.05) is 18.2 Å². The second-order valence-corrected chi connectivity index (χ2v) is 5.59. The Balaban J connectivity index is 2.40. The van der Waals surface area contributed by atoms with Gasteiger partial charge in [0.1, 0.15) is 6.10 Å². The molecule has 0 heterocycles. The van der Waals surface area contributed by atoms with Gasteiger partial charge >= 0.3 is 5.97 Å². The molecule has 0 bridgehead atoms. The van der Waals surface area contributed by atoms with Crippen LogP contribution in [-0.4, -0.2) is 5.97 Å². The predicted molar refractivity (Wildman–Crippen MR) is 73.0 cm³/mol. The molecule has 0 amide bonds. The largest absolute Gasteiger partial charge is 0.458 e. The lowest BCUT2D eigenvalue weighted by atomic mass is 9.82. The molecule has 1 aliphatic carbocycles. The van der Waals surface area contributed by atoms with Crippen molar-refractivity contribution in [2.45, 2.75) is 39.7 Å². The first kappa shape index (κ1) is 12.9. The van der Waals surface area contributed by atoms with Crippen LogP contribution < -0.4 is 0 Å². The Kier molecular flexibility index (Phi) is 3.55. The number of hydrogen-bond donors (Lipinski definition) is 0. The van der Waals surface area contributed by atoms with Crippen LogP contribution in [0, 0.1) is 5.41 Å². The summed E-state index contributed by atoms with van der Waals surface area (Å²) in [7, 11) is 0. The first-order chi connectivity index (χ1) is 8.48. The van der Waals surface area contributed by atoms with Gasteiger partial charge in [-0.3, -0.25) is 4.79 Å². The molecule has 0 aliphatic heterocycles. The van der Waals surface area contributed by atoms with Crippen LogP contribution in [0.15, 0.2) is 30.3 Å². The molecule has 0 spiro atoms. The normalized spacial score (nSPS) is 21.6. The fraction of sp³-hybridized carbons (Fsp3) is 0.438. The van der Waals surface area contributed by atoms with Crippen LogP contribution in [0.4, 0.5) is 0 Å². The Hall–Kier alpha value is -1.57. The summed E-state index contributed by atoms with van der Waals surface area (Å²) in [6, 6.07) is 8.13. The third-order valence-corrected chi connectivity index (χ3v) is 3.42. The summed E-state index contributed by atoms with van der Waals surface area (Å²) < 4.78 is 5.47. The monoisotopic (exact) mass is 244 g/mol. The Morgan fingerprint density at radius 3 is 2.78 bits per heavy atom. The molecule has 1 aromatic carbocycles. The number of allylic oxidation sites excluding steroid dienone is 1. The van der Waals surface area contributed by atoms with Crippen LogP contribution in [0.25, 0.3) is 6.08 Å². The Morgan fingerprint density at radius 1 is 1.33 bits per heavy atom. The highest BCUT2D eigenvalue weighted by Gasteiger charge is 2.24. The molecule has 0 saturated carbocycles. The van der Waals surface area contributed by atoms with Crippen molar-refractivity contribution in [2.75, 3.05) is 0 Å². The van der Waals surface area contributed by atoms with Crippen LogP contribution in [0.3, 0.4) is 0 Å². The van der Waals surface area contributed by atoms with Crippen molar-refractivity contribution in [3.8, 4) is 0 Å². The molecule has 2 nitrogen and oxygen atoms in total. The van der Waals surface area contributed by atoms with Crippen LogP contribution in [0.5, 0.6) is 0 Å². The van der Waals surface area contributed by atoms with Crippen LogP contribution >= 0.6 is 0 Å². The topological polar surface area (TPSA) is 26.3 Å². The minimum Gasteiger partial charge on any atom is -0.458 e. The third kappa shape index (κ3) is 3.00. The number of ether oxygens (including phenoxy) is 1. The molecule has 2 rings (SSSR count). The molecule has 0 saturated heterocycles. The van der Waals surface area contributed by atoms with Gasteiger partial charge in [-0.2, -0.15) is 0 Å². The minimum atomic E-state index is -0.211. The van der Waals surface area contributed by atoms with Gasteiger partial charge in [0.05, 0.1) is 0 Å². The van der Waals surface area contributed by atoms with E-state index in [9.17, 15) is 4.79 Å². The standard InChI is InChI=1S/C16H20O2/c1-12(17)18-15-9-11-16(2,3)10-8-13-6-4-5-7-14(13)15/h4-8,10,15H,9,11H2,1-3H3. The second-order valence-electron chi connectivity index (χ2n) is 5.59. The van der Waals surface area contributed by atoms with Crippen molar-refractivity contribution < 1.29 is 9.53 Å². The number of rotatable bonds is 1. The van der Waals surface area contributed by atoms with E-state index in [1.54, 1.807) is 0 Å². The van der Waals surface area contributed by atoms with Gasteiger partial charge in [0, 0.05) is 6.92 Å². The number of fused-ring (bicyclic) bond motifs is 1. The molecule has 0 N–H and O–H groups in total. The molecule has 1 unspecified atom stereocenters. The van der Waals surface area contributed by atoms with Crippen molar-refractivity contribution >= 4 is 12.0 Å². The average molecular weight is 244 g/mol. The zero-order valence-electron chi connectivity index (χ0n) is 11.3. The van der Waals surface area contributed by atoms with Gasteiger partial charge < -0.3 is 4.74 Å². The van der Waals surface area contributed by atoms with Gasteiger partial charge in [0.15, 0.2) is 0 Å². The zero-order valence-corrected chi connectivity index (χ0v) is 11.3. The number of benzene rings is 1. The number of carbonyl (C=O) groups is 1. The van der Waals surface area contributed by atoms with E-state index in [-0.39, 0.29) is 17.5 Å². The number of hydrogen-bond acceptors (Lipinski definition) is 2. The summed E-state index contributed by atoms with van der Waals surface area (Å²) in [5, 5.41) is 0. The first-order valence-corrected chi connectivity index (χ1v) is 6.43. The van der Waals surface area contributed by atoms with E-state index in [4.69, 9.17) is 4.74 Å². The van der Waals surface area contributed by atoms with Gasteiger partial charge in [-0.25, -0.2) is 0 Å². The molecule has 1 atom stereocenters. The Morgan fingerprint density at radius 2 is 2.06 bits per heavy atom. The predicted octanol–water partition coefficient (Wildman–Crippen LogP) is 4.12. The van der Waals surface area contributed by atoms with E-state index in [0.717, 1.165) is 24.0 Å². The van der Waals surface area contributed by atoms with Gasteiger partial charge in [-0.15, -0.1) is 0 Å². The lowest BCUT2D eigenvalue weighted by Crippen LogP contribution is -2.16. The van der Waals surface area contributed by atoms with E-state index in [1.165, 1.54) is 6.92 Å². The average Bonchev–Trinajstić information content (AvgIpc) is 2.31. The summed E-state index contributed by atoms with van der Waals surface area (Å²) >= 11 is 0. The summed E-state index contributed by atoms with van der Waals surface area (Å²) in [6.45, 7) is 5.90. The van der Waals surface area contributed by atoms with Gasteiger partial charge in [0.2, 0.25) is 0 Å². The fourth-order valence-electron chi connectivity index (χ4n) is 2.34. The van der Waals surface area contributed by atoms with Crippen molar-refractivity contribution in [1.82, 2.24) is 0 Å². The van der Waals surface area contributed by atoms with E-state index >= 15 is 0 Å². The molecule has 0 aromatic heterocycles. The molecule has 1 aliphatic rings. The SMILES string of the molecule is CC(=O)OC1CCC(C)(C)C=Cc2ccccc21. The maximum absolute atomic E-state index is 11.2. The highest BCUT2D eigenvalue weighted by Crippen LogP contribution is 2.36. The lowest BCUT2D eigenvalue weighted by molar-refractivity contribution is -0.147. The Labute approximate surface area is 109 Å². The lowest BCUT2D eigenvalue weighted by Gasteiger charge is -2.27. The quantitative estimate of drug-likeness (QED) is 0.694. The molecule has 0 fully saturated rings. The van der Waals surface area contributed by atoms with Crippen LogP contribution in [0.2, 0.25) is 0 Å². The number of esters is 1. The summed E-state index contributed by atoms with van der Waals surface area (Å²) in [5.41, 5.74) is 2.40. The second kappa shape index (κ2) is 4.97.